The summed E-state index contributed by atoms with van der Waals surface area (Å²) in [6.07, 6.45) is 8.35. The molecule has 1 heterocycles. The van der Waals surface area contributed by atoms with Crippen LogP contribution in [-0.2, 0) is 0 Å². The first-order valence-electron chi connectivity index (χ1n) is 8.57. The molecule has 0 radical (unpaired) electrons. The van der Waals surface area contributed by atoms with Gasteiger partial charge in [0.1, 0.15) is 5.75 Å². The van der Waals surface area contributed by atoms with Crippen LogP contribution in [0.25, 0.3) is 0 Å². The average molecular weight is 314 g/mol. The molecule has 4 nitrogen and oxygen atoms in total. The molecule has 1 saturated heterocycles. The summed E-state index contributed by atoms with van der Waals surface area (Å²) in [4.78, 5) is 17.1. The van der Waals surface area contributed by atoms with Gasteiger partial charge < -0.3 is 9.64 Å². The maximum Gasteiger partial charge on any atom is 0.254 e. The molecule has 0 bridgehead atoms. The zero-order chi connectivity index (χ0) is 16.1. The highest BCUT2D eigenvalue weighted by Crippen LogP contribution is 2.20. The van der Waals surface area contributed by atoms with E-state index in [-0.39, 0.29) is 5.91 Å². The first-order valence-corrected chi connectivity index (χ1v) is 8.57. The summed E-state index contributed by atoms with van der Waals surface area (Å²) in [5.74, 6) is 1.64. The second kappa shape index (κ2) is 7.64. The van der Waals surface area contributed by atoms with Gasteiger partial charge in [-0.1, -0.05) is 18.2 Å². The van der Waals surface area contributed by atoms with Gasteiger partial charge in [0.2, 0.25) is 0 Å². The second-order valence-corrected chi connectivity index (χ2v) is 6.48. The molecule has 1 atom stereocenters. The topological polar surface area (TPSA) is 32.8 Å². The van der Waals surface area contributed by atoms with Gasteiger partial charge in [-0.2, -0.15) is 0 Å². The van der Waals surface area contributed by atoms with E-state index in [1.54, 1.807) is 7.11 Å². The maximum atomic E-state index is 12.6. The number of rotatable bonds is 4. The molecule has 0 saturated carbocycles. The largest absolute Gasteiger partial charge is 0.497 e. The van der Waals surface area contributed by atoms with Crippen LogP contribution in [-0.4, -0.2) is 55.5 Å². The minimum atomic E-state index is 0.115. The SMILES string of the molecule is COc1cccc(C(=O)N2CCN(C[C@H]3CC=CCC3)CC2)c1. The van der Waals surface area contributed by atoms with Crippen LogP contribution in [0.2, 0.25) is 0 Å². The highest BCUT2D eigenvalue weighted by molar-refractivity contribution is 5.94. The first kappa shape index (κ1) is 16.1. The Hall–Kier alpha value is -1.81. The molecule has 23 heavy (non-hydrogen) atoms. The number of benzene rings is 1. The molecule has 4 heteroatoms. The number of methoxy groups -OCH3 is 1. The molecule has 124 valence electrons. The fraction of sp³-hybridized carbons (Fsp3) is 0.526. The van der Waals surface area contributed by atoms with E-state index in [4.69, 9.17) is 4.74 Å². The number of carbonyl (C=O) groups excluding carboxylic acids is 1. The normalized spacial score (nSPS) is 22.1. The van der Waals surface area contributed by atoms with Crippen molar-refractivity contribution in [1.29, 1.82) is 0 Å². The number of piperazine rings is 1. The van der Waals surface area contributed by atoms with Gasteiger partial charge in [0.05, 0.1) is 7.11 Å². The first-order chi connectivity index (χ1) is 11.3. The lowest BCUT2D eigenvalue weighted by Crippen LogP contribution is -2.49. The molecule has 3 rings (SSSR count). The fourth-order valence-electron chi connectivity index (χ4n) is 3.46. The van der Waals surface area contributed by atoms with Gasteiger partial charge in [0.15, 0.2) is 0 Å². The standard InChI is InChI=1S/C19H26N2O2/c1-23-18-9-5-8-17(14-18)19(22)21-12-10-20(11-13-21)15-16-6-3-2-4-7-16/h2-3,5,8-9,14,16H,4,6-7,10-13,15H2,1H3/t16-/m0/s1. The third-order valence-electron chi connectivity index (χ3n) is 4.87. The molecule has 0 aromatic heterocycles. The van der Waals surface area contributed by atoms with Crippen LogP contribution in [0.3, 0.4) is 0 Å². The predicted octanol–water partition coefficient (Wildman–Crippen LogP) is 2.81. The Kier molecular flexibility index (Phi) is 5.34. The van der Waals surface area contributed by atoms with Crippen molar-refractivity contribution in [2.75, 3.05) is 39.8 Å². The van der Waals surface area contributed by atoms with Crippen LogP contribution in [0.4, 0.5) is 0 Å². The quantitative estimate of drug-likeness (QED) is 0.801. The molecule has 0 unspecified atom stereocenters. The van der Waals surface area contributed by atoms with Crippen molar-refractivity contribution in [3.63, 3.8) is 0 Å². The fourth-order valence-corrected chi connectivity index (χ4v) is 3.46. The molecule has 1 aliphatic heterocycles. The number of ether oxygens (including phenoxy) is 1. The zero-order valence-corrected chi connectivity index (χ0v) is 13.9. The van der Waals surface area contributed by atoms with E-state index in [1.807, 2.05) is 29.2 Å². The minimum Gasteiger partial charge on any atom is -0.497 e. The summed E-state index contributed by atoms with van der Waals surface area (Å²) in [7, 11) is 1.63. The van der Waals surface area contributed by atoms with Gasteiger partial charge in [-0.15, -0.1) is 0 Å². The van der Waals surface area contributed by atoms with Crippen molar-refractivity contribution < 1.29 is 9.53 Å². The van der Waals surface area contributed by atoms with E-state index in [1.165, 1.54) is 25.8 Å². The Balaban J connectivity index is 1.51. The van der Waals surface area contributed by atoms with E-state index in [9.17, 15) is 4.79 Å². The molecule has 0 N–H and O–H groups in total. The zero-order valence-electron chi connectivity index (χ0n) is 13.9. The summed E-state index contributed by atoms with van der Waals surface area (Å²) in [5, 5.41) is 0. The van der Waals surface area contributed by atoms with Crippen LogP contribution in [0.15, 0.2) is 36.4 Å². The predicted molar refractivity (Wildman–Crippen MR) is 91.8 cm³/mol. The van der Waals surface area contributed by atoms with Gasteiger partial charge in [0.25, 0.3) is 5.91 Å². The molecule has 1 aromatic rings. The van der Waals surface area contributed by atoms with Gasteiger partial charge in [-0.05, 0) is 43.4 Å². The van der Waals surface area contributed by atoms with E-state index >= 15 is 0 Å². The summed E-state index contributed by atoms with van der Waals surface area (Å²) >= 11 is 0. The van der Waals surface area contributed by atoms with Crippen molar-refractivity contribution >= 4 is 5.91 Å². The number of hydrogen-bond acceptors (Lipinski definition) is 3. The Morgan fingerprint density at radius 1 is 1.22 bits per heavy atom. The molecular formula is C19H26N2O2. The van der Waals surface area contributed by atoms with E-state index in [2.05, 4.69) is 17.1 Å². The van der Waals surface area contributed by atoms with Crippen LogP contribution < -0.4 is 4.74 Å². The monoisotopic (exact) mass is 314 g/mol. The molecule has 1 fully saturated rings. The smallest absolute Gasteiger partial charge is 0.254 e. The van der Waals surface area contributed by atoms with Gasteiger partial charge in [-0.3, -0.25) is 9.69 Å². The third-order valence-corrected chi connectivity index (χ3v) is 4.87. The molecule has 1 aromatic carbocycles. The molecule has 1 amide bonds. The van der Waals surface area contributed by atoms with Crippen molar-refractivity contribution in [1.82, 2.24) is 9.80 Å². The summed E-state index contributed by atoms with van der Waals surface area (Å²) < 4.78 is 5.21. The Bertz CT molecular complexity index is 562. The van der Waals surface area contributed by atoms with Crippen molar-refractivity contribution in [2.45, 2.75) is 19.3 Å². The lowest BCUT2D eigenvalue weighted by molar-refractivity contribution is 0.0614. The number of allylic oxidation sites excluding steroid dienone is 2. The molecule has 1 aliphatic carbocycles. The second-order valence-electron chi connectivity index (χ2n) is 6.48. The Morgan fingerprint density at radius 2 is 2.04 bits per heavy atom. The summed E-state index contributed by atoms with van der Waals surface area (Å²) in [6.45, 7) is 4.77. The van der Waals surface area contributed by atoms with Gasteiger partial charge >= 0.3 is 0 Å². The molecule has 0 spiro atoms. The maximum absolute atomic E-state index is 12.6. The van der Waals surface area contributed by atoms with Crippen LogP contribution in [0.1, 0.15) is 29.6 Å². The van der Waals surface area contributed by atoms with Crippen LogP contribution in [0, 0.1) is 5.92 Å². The van der Waals surface area contributed by atoms with E-state index in [0.29, 0.717) is 0 Å². The van der Waals surface area contributed by atoms with Crippen molar-refractivity contribution in [3.8, 4) is 5.75 Å². The van der Waals surface area contributed by atoms with Gasteiger partial charge in [-0.25, -0.2) is 0 Å². The average Bonchev–Trinajstić information content (AvgIpc) is 2.63. The molecule has 2 aliphatic rings. The number of amides is 1. The van der Waals surface area contributed by atoms with E-state index < -0.39 is 0 Å². The van der Waals surface area contributed by atoms with Crippen molar-refractivity contribution in [2.24, 2.45) is 5.92 Å². The van der Waals surface area contributed by atoms with Crippen molar-refractivity contribution in [3.05, 3.63) is 42.0 Å². The lowest BCUT2D eigenvalue weighted by Gasteiger charge is -2.36. The summed E-state index contributed by atoms with van der Waals surface area (Å²) in [5.41, 5.74) is 0.718. The minimum absolute atomic E-state index is 0.115. The van der Waals surface area contributed by atoms with E-state index in [0.717, 1.165) is 43.4 Å². The van der Waals surface area contributed by atoms with Crippen LogP contribution >= 0.6 is 0 Å². The number of hydrogen-bond donors (Lipinski definition) is 0. The van der Waals surface area contributed by atoms with Gasteiger partial charge in [0, 0.05) is 38.3 Å². The highest BCUT2D eigenvalue weighted by atomic mass is 16.5. The molecular weight excluding hydrogens is 288 g/mol. The highest BCUT2D eigenvalue weighted by Gasteiger charge is 2.24. The Labute approximate surface area is 138 Å². The number of carbonyl (C=O) groups is 1. The third kappa shape index (κ3) is 4.14. The summed E-state index contributed by atoms with van der Waals surface area (Å²) in [6, 6.07) is 7.43. The lowest BCUT2D eigenvalue weighted by atomic mass is 9.94. The number of nitrogens with zero attached hydrogens (tertiary/aromatic N) is 2. The van der Waals surface area contributed by atoms with Crippen LogP contribution in [0.5, 0.6) is 5.75 Å². The Morgan fingerprint density at radius 3 is 2.74 bits per heavy atom.